The number of carboxylic acid groups (broad SMARTS) is 3. The van der Waals surface area contributed by atoms with Crippen LogP contribution in [0, 0.1) is 74.9 Å². The van der Waals surface area contributed by atoms with E-state index in [9.17, 15) is 43.2 Å². The largest absolute Gasteiger partial charge is 0.481 e. The topological polar surface area (TPSA) is 524 Å². The fourth-order valence-corrected chi connectivity index (χ4v) is 23.9. The van der Waals surface area contributed by atoms with Crippen LogP contribution < -0.4 is 45.5 Å². The first-order valence-corrected chi connectivity index (χ1v) is 46.3. The van der Waals surface area contributed by atoms with E-state index in [0.717, 1.165) is 150 Å². The van der Waals surface area contributed by atoms with Gasteiger partial charge in [-0.25, -0.2) is 11.7 Å². The summed E-state index contributed by atoms with van der Waals surface area (Å²) in [5.74, 6) is 10.1. The highest BCUT2D eigenvalue weighted by Crippen LogP contribution is 2.72. The molecule has 12 fully saturated rings. The Kier molecular flexibility index (Phi) is 39.5. The number of hydrogen-bond acceptors (Lipinski definition) is 27. The molecule has 684 valence electrons. The van der Waals surface area contributed by atoms with Gasteiger partial charge in [0, 0.05) is 48.8 Å². The molecule has 2 spiro atoms. The lowest BCUT2D eigenvalue weighted by Crippen LogP contribution is -2.48. The molecule has 2 aliphatic heterocycles. The molecule has 10 saturated carbocycles. The number of anilines is 2. The van der Waals surface area contributed by atoms with E-state index in [1.165, 1.54) is 92.4 Å². The number of nitrogens with zero attached hydrogens (tertiary/aromatic N) is 6. The van der Waals surface area contributed by atoms with Crippen LogP contribution in [0.25, 0.3) is 0 Å². The number of thiocarbonyl (C=S) groups is 2. The summed E-state index contributed by atoms with van der Waals surface area (Å²) in [6.07, 6.45) is 32.0. The summed E-state index contributed by atoms with van der Waals surface area (Å²) >= 11 is 11.5. The van der Waals surface area contributed by atoms with Gasteiger partial charge < -0.3 is 77.9 Å². The molecule has 2 saturated heterocycles. The van der Waals surface area contributed by atoms with Crippen LogP contribution >= 0.6 is 47.1 Å². The quantitative estimate of drug-likeness (QED) is 0.0110. The summed E-state index contributed by atoms with van der Waals surface area (Å²) in [5, 5.41) is 45.6. The van der Waals surface area contributed by atoms with Gasteiger partial charge in [0.25, 0.3) is 19.4 Å². The van der Waals surface area contributed by atoms with Crippen LogP contribution in [0.1, 0.15) is 266 Å². The molecule has 12 aliphatic rings. The minimum absolute atomic E-state index is 0.0217. The Morgan fingerprint density at radius 2 is 0.839 bits per heavy atom. The van der Waals surface area contributed by atoms with Crippen molar-refractivity contribution >= 4 is 129 Å². The van der Waals surface area contributed by atoms with Crippen LogP contribution in [0.4, 0.5) is 10.3 Å². The maximum absolute atomic E-state index is 13.9. The molecule has 2 amide bonds. The lowest BCUT2D eigenvalue weighted by Gasteiger charge is -2.41. The number of esters is 1. The average molecular weight is 1800 g/mol. The predicted molar refractivity (Wildman–Crippen MR) is 472 cm³/mol. The highest BCUT2D eigenvalue weighted by Gasteiger charge is 2.70. The second-order valence-corrected chi connectivity index (χ2v) is 39.1. The fourth-order valence-electron chi connectivity index (χ4n) is 22.4. The third kappa shape index (κ3) is 27.1. The maximum Gasteiger partial charge on any atom is 0.373 e. The molecule has 32 nitrogen and oxygen atoms in total. The van der Waals surface area contributed by atoms with Crippen LogP contribution in [-0.2, 0) is 84.7 Å². The zero-order valence-corrected chi connectivity index (χ0v) is 75.2. The number of hydrogen-bond donors (Lipinski definition) is 11. The summed E-state index contributed by atoms with van der Waals surface area (Å²) in [4.78, 5) is 123. The first kappa shape index (κ1) is 100. The molecule has 4 bridgehead atoms. The maximum atomic E-state index is 13.9. The van der Waals surface area contributed by atoms with E-state index in [0.29, 0.717) is 138 Å². The third-order valence-electron chi connectivity index (χ3n) is 29.0. The van der Waals surface area contributed by atoms with Crippen molar-refractivity contribution in [3.63, 3.8) is 0 Å². The molecule has 17 N–H and O–H groups in total. The van der Waals surface area contributed by atoms with E-state index in [-0.39, 0.29) is 76.2 Å². The Hall–Kier alpha value is -8.93. The van der Waals surface area contributed by atoms with Crippen molar-refractivity contribution in [2.45, 2.75) is 288 Å². The molecule has 0 radical (unpaired) electrons. The van der Waals surface area contributed by atoms with Crippen molar-refractivity contribution in [1.82, 2.24) is 41.0 Å². The number of aromatic nitrogens is 4. The molecule has 124 heavy (non-hydrogen) atoms. The van der Waals surface area contributed by atoms with E-state index in [4.69, 9.17) is 66.8 Å². The Labute approximate surface area is 745 Å². The smallest absolute Gasteiger partial charge is 0.373 e. The number of carbonyl (C=O) groups is 9. The molecule has 4 aromatic rings. The van der Waals surface area contributed by atoms with Gasteiger partial charge in [0.1, 0.15) is 34.9 Å². The van der Waals surface area contributed by atoms with E-state index in [1.807, 2.05) is 47.2 Å². The number of likely N-dealkylation sites (tertiary alicyclic amines) is 2. The lowest BCUT2D eigenvalue weighted by molar-refractivity contribution is -0.192. The Morgan fingerprint density at radius 1 is 0.484 bits per heavy atom. The SMILES string of the molecule is CC1(C)C2CC[C@@]13CCN(C(=O)[C@H]1CCC[C@H](C(=O)N4CC[C@@]56CCC(C[C@H]45)C6(C)C)C1)[C@H]3C2.NNC(N)=S.NNC(N)=S.Nc1nnc([C@H]2CCC[C@H](c3nnc(N)s3)C2)s1.O=C(OCc1ccccc1)[C@H]1CCC[C@H](Cc2ccccc2)C1.O=C=O.O=COC1CCCC(C(=O)O)C1.O=CO[C@H]1CCC[C@H](C(=O)O)C1.O=CO[C@H]1CCC[C@H](C(=O)O)C1. The Balaban J connectivity index is 0.000000187. The standard InChI is InChI=1S/C30H46N2O2.C21H24O2.C10H14N6S2.3C8H12O4.2CH5N3S.CO2/c1-27(2)21-8-10-29(27)12-14-31(23(29)17-21)25(33)19-6-5-7-20(16-19)26(34)32-15-13-30-11-9-22(18-24(30)32)28(30,3)4;22-21(23-16-18-10-5-2-6-11-18)20-13-7-12-19(15-20)14-17-8-3-1-4-9-17;11-9-15-13-7(17-9)5-2-1-3-6(4-5)8-14-16-10(12)18-8;3*9-5-12-7-3-1-2-6(4-7)8(10)11;2*2-1(5)4-3;2-1-3/h19-24H,5-18H2,1-4H3;1-6,8-11,19-20H,7,12-16H2;5-6H,1-4H2,(H2,11,15)(H2,12,16);3*5-7H,1-4H2,(H,10,11);2*3H2,(H3,2,4,5);/t19-,20-,21?,22?,23-,24-,29-,30-;19-,20+;5-,6-;2*6-,7-;;;;/m01000..../s1. The number of ether oxygens (including phenoxy) is 4. The zero-order valence-electron chi connectivity index (χ0n) is 71.9. The van der Waals surface area contributed by atoms with E-state index in [2.05, 4.69) is 118 Å². The summed E-state index contributed by atoms with van der Waals surface area (Å²) in [6, 6.07) is 21.4. The third-order valence-corrected chi connectivity index (χ3v) is 31.1. The molecular weight excluding hydrogens is 1670 g/mol. The van der Waals surface area contributed by atoms with Crippen LogP contribution in [0.3, 0.4) is 0 Å². The minimum atomic E-state index is -0.783. The normalized spacial score (nSPS) is 30.1. The van der Waals surface area contributed by atoms with Gasteiger partial charge in [-0.05, 0) is 261 Å². The summed E-state index contributed by atoms with van der Waals surface area (Å²) < 4.78 is 19.7. The zero-order chi connectivity index (χ0) is 90.3. The van der Waals surface area contributed by atoms with Crippen molar-refractivity contribution in [1.29, 1.82) is 0 Å². The van der Waals surface area contributed by atoms with E-state index in [1.54, 1.807) is 0 Å². The van der Waals surface area contributed by atoms with Crippen LogP contribution in [0.2, 0.25) is 0 Å². The summed E-state index contributed by atoms with van der Waals surface area (Å²) in [6.45, 7) is 13.4. The van der Waals surface area contributed by atoms with Crippen LogP contribution in [0.5, 0.6) is 0 Å². The number of nitrogens with two attached hydrogens (primary N) is 6. The molecule has 10 aliphatic carbocycles. The summed E-state index contributed by atoms with van der Waals surface area (Å²) in [7, 11) is 0. The Bertz CT molecular complexity index is 3940. The van der Waals surface area contributed by atoms with Gasteiger partial charge in [-0.15, -0.1) is 20.4 Å². The van der Waals surface area contributed by atoms with Crippen molar-refractivity contribution < 1.29 is 87.0 Å². The fraction of sp³-hybridized carbons (Fsp3) is 0.682. The average Bonchev–Trinajstić information content (AvgIpc) is 1.53. The van der Waals surface area contributed by atoms with Crippen molar-refractivity contribution in [2.75, 3.05) is 24.6 Å². The van der Waals surface area contributed by atoms with Crippen molar-refractivity contribution in [2.24, 2.45) is 98.1 Å². The molecule has 4 unspecified atom stereocenters. The van der Waals surface area contributed by atoms with Gasteiger partial charge in [-0.1, -0.05) is 137 Å². The molecule has 2 aromatic heterocycles. The van der Waals surface area contributed by atoms with Gasteiger partial charge in [0.2, 0.25) is 22.1 Å². The number of carboxylic acids is 3. The van der Waals surface area contributed by atoms with Crippen LogP contribution in [-0.4, -0.2) is 160 Å². The molecule has 18 atom stereocenters. The van der Waals surface area contributed by atoms with Gasteiger partial charge in [0.05, 0.1) is 23.7 Å². The number of hydrazine groups is 2. The highest BCUT2D eigenvalue weighted by molar-refractivity contribution is 7.80. The Morgan fingerprint density at radius 3 is 1.19 bits per heavy atom. The summed E-state index contributed by atoms with van der Waals surface area (Å²) in [5.41, 5.74) is 28.9. The number of fused-ring (bicyclic) bond motifs is 2. The number of benzene rings is 2. The number of rotatable bonds is 18. The lowest BCUT2D eigenvalue weighted by atomic mass is 9.67. The van der Waals surface area contributed by atoms with Crippen LogP contribution in [0.15, 0.2) is 60.7 Å². The van der Waals surface area contributed by atoms with Gasteiger partial charge >= 0.3 is 30.0 Å². The molecular formula is C88H130N14O18S4. The van der Waals surface area contributed by atoms with Gasteiger partial charge in [0.15, 0.2) is 10.2 Å². The number of aliphatic carboxylic acids is 3. The number of nitrogens with one attached hydrogen (secondary N) is 2. The number of carbonyl (C=O) groups excluding carboxylic acids is 8. The van der Waals surface area contributed by atoms with Crippen molar-refractivity contribution in [3.8, 4) is 0 Å². The monoisotopic (exact) mass is 1800 g/mol. The van der Waals surface area contributed by atoms with Gasteiger partial charge in [-0.3, -0.25) is 43.2 Å². The molecule has 36 heteroatoms. The predicted octanol–water partition coefficient (Wildman–Crippen LogP) is 11.6. The second kappa shape index (κ2) is 48.7. The molecule has 4 heterocycles. The molecule has 16 rings (SSSR count). The van der Waals surface area contributed by atoms with E-state index < -0.39 is 17.9 Å². The first-order chi connectivity index (χ1) is 59.3. The van der Waals surface area contributed by atoms with Crippen molar-refractivity contribution in [3.05, 3.63) is 81.8 Å². The first-order valence-electron chi connectivity index (χ1n) is 43.8. The number of nitrogen functional groups attached to an aromatic ring is 2. The minimum Gasteiger partial charge on any atom is -0.481 e. The highest BCUT2D eigenvalue weighted by atomic mass is 32.1. The van der Waals surface area contributed by atoms with E-state index >= 15 is 0 Å². The van der Waals surface area contributed by atoms with Gasteiger partial charge in [-0.2, -0.15) is 9.59 Å². The number of amides is 2. The second-order valence-electron chi connectivity index (χ2n) is 36.2. The molecule has 2 aromatic carbocycles.